The summed E-state index contributed by atoms with van der Waals surface area (Å²) >= 11 is 0. The topological polar surface area (TPSA) is 59.1 Å². The van der Waals surface area contributed by atoms with Gasteiger partial charge in [-0.3, -0.25) is 14.6 Å². The number of aromatic nitrogens is 1. The first-order valence-corrected chi connectivity index (χ1v) is 12.3. The Morgan fingerprint density at radius 1 is 0.970 bits per heavy atom. The van der Waals surface area contributed by atoms with Crippen molar-refractivity contribution in [3.8, 4) is 0 Å². The number of hydrogen-bond acceptors (Lipinski definition) is 3. The molecule has 33 heavy (non-hydrogen) atoms. The Morgan fingerprint density at radius 3 is 2.09 bits per heavy atom. The predicted molar refractivity (Wildman–Crippen MR) is 137 cm³/mol. The van der Waals surface area contributed by atoms with Crippen LogP contribution in [0.4, 0.5) is 0 Å². The summed E-state index contributed by atoms with van der Waals surface area (Å²) in [6, 6.07) is 12.3. The Bertz CT molecular complexity index is 896. The Morgan fingerprint density at radius 2 is 1.61 bits per heavy atom. The first-order valence-electron chi connectivity index (χ1n) is 12.3. The summed E-state index contributed by atoms with van der Waals surface area (Å²) in [4.78, 5) is 27.5. The molecule has 4 heteroatoms. The minimum atomic E-state index is -0.247. The smallest absolute Gasteiger partial charge is 0.230 e. The first kappa shape index (κ1) is 26.8. The molecule has 4 nitrogen and oxygen atoms in total. The summed E-state index contributed by atoms with van der Waals surface area (Å²) < 4.78 is 0. The summed E-state index contributed by atoms with van der Waals surface area (Å²) in [5, 5.41) is 3.28. The molecule has 2 unspecified atom stereocenters. The number of Topliss-reactive ketones (excluding diaryl/α,β-unsaturated/α-hetero) is 1. The van der Waals surface area contributed by atoms with Gasteiger partial charge in [-0.25, -0.2) is 0 Å². The normalized spacial score (nSPS) is 15.8. The predicted octanol–water partition coefficient (Wildman–Crippen LogP) is 6.59. The van der Waals surface area contributed by atoms with Crippen molar-refractivity contribution in [1.82, 2.24) is 10.3 Å². The lowest BCUT2D eigenvalue weighted by molar-refractivity contribution is -0.124. The van der Waals surface area contributed by atoms with E-state index < -0.39 is 0 Å². The molecule has 180 valence electrons. The van der Waals surface area contributed by atoms with Gasteiger partial charge in [0, 0.05) is 23.5 Å². The standard InChI is InChI=1S/C21H33NO.C8H9NO/c1-15(2)6-7-17(4)14-18(5)22-20(23)21(12-13-21)19-10-8-16(3)9-11-19;1-6-3-4-8(5-9-6)7(2)10/h8-11,15,17-18H,6-7,12-14H2,1-5H3,(H,22,23);3-5H,1-2H3. The fraction of sp³-hybridized carbons (Fsp3) is 0.552. The van der Waals surface area contributed by atoms with Crippen LogP contribution in [0.15, 0.2) is 42.6 Å². The Kier molecular flexibility index (Phi) is 9.82. The van der Waals surface area contributed by atoms with Gasteiger partial charge in [0.25, 0.3) is 0 Å². The van der Waals surface area contributed by atoms with Crippen LogP contribution in [0.2, 0.25) is 0 Å². The van der Waals surface area contributed by atoms with E-state index in [1.807, 2.05) is 13.0 Å². The molecular formula is C29H42N2O2. The first-order chi connectivity index (χ1) is 15.5. The van der Waals surface area contributed by atoms with Crippen molar-refractivity contribution in [3.05, 3.63) is 65.0 Å². The zero-order chi connectivity index (χ0) is 24.6. The molecule has 2 aromatic rings. The third-order valence-corrected chi connectivity index (χ3v) is 6.48. The lowest BCUT2D eigenvalue weighted by Crippen LogP contribution is -2.40. The van der Waals surface area contributed by atoms with Gasteiger partial charge in [-0.1, -0.05) is 63.4 Å². The molecule has 1 aliphatic carbocycles. The number of aryl methyl sites for hydroxylation is 2. The number of carbonyl (C=O) groups is 2. The van der Waals surface area contributed by atoms with Crippen LogP contribution >= 0.6 is 0 Å². The van der Waals surface area contributed by atoms with Gasteiger partial charge in [-0.2, -0.15) is 0 Å². The summed E-state index contributed by atoms with van der Waals surface area (Å²) in [6.07, 6.45) is 7.16. The molecular weight excluding hydrogens is 408 g/mol. The van der Waals surface area contributed by atoms with E-state index in [-0.39, 0.29) is 23.1 Å². The van der Waals surface area contributed by atoms with Gasteiger partial charge in [0.1, 0.15) is 0 Å². The molecule has 3 rings (SSSR count). The number of rotatable bonds is 9. The van der Waals surface area contributed by atoms with E-state index in [1.54, 1.807) is 12.3 Å². The van der Waals surface area contributed by atoms with E-state index >= 15 is 0 Å². The van der Waals surface area contributed by atoms with E-state index in [0.717, 1.165) is 30.9 Å². The van der Waals surface area contributed by atoms with Gasteiger partial charge < -0.3 is 5.32 Å². The Hall–Kier alpha value is -2.49. The van der Waals surface area contributed by atoms with Gasteiger partial charge in [-0.15, -0.1) is 0 Å². The maximum absolute atomic E-state index is 12.8. The van der Waals surface area contributed by atoms with E-state index in [2.05, 4.69) is 69.2 Å². The molecule has 0 aliphatic heterocycles. The zero-order valence-corrected chi connectivity index (χ0v) is 21.6. The summed E-state index contributed by atoms with van der Waals surface area (Å²) in [6.45, 7) is 14.5. The van der Waals surface area contributed by atoms with Crippen molar-refractivity contribution < 1.29 is 9.59 Å². The molecule has 0 bridgehead atoms. The van der Waals surface area contributed by atoms with Gasteiger partial charge in [0.2, 0.25) is 5.91 Å². The van der Waals surface area contributed by atoms with Crippen LogP contribution in [0.3, 0.4) is 0 Å². The van der Waals surface area contributed by atoms with Crippen molar-refractivity contribution >= 4 is 11.7 Å². The fourth-order valence-corrected chi connectivity index (χ4v) is 4.08. The zero-order valence-electron chi connectivity index (χ0n) is 21.6. The molecule has 0 saturated heterocycles. The number of carbonyl (C=O) groups excluding carboxylic acids is 2. The number of nitrogens with zero attached hydrogens (tertiary/aromatic N) is 1. The highest BCUT2D eigenvalue weighted by atomic mass is 16.2. The molecule has 2 atom stereocenters. The Balaban J connectivity index is 0.000000321. The molecule has 0 radical (unpaired) electrons. The molecule has 1 N–H and O–H groups in total. The number of hydrogen-bond donors (Lipinski definition) is 1. The largest absolute Gasteiger partial charge is 0.353 e. The molecule has 1 aromatic carbocycles. The lowest BCUT2D eigenvalue weighted by Gasteiger charge is -2.23. The van der Waals surface area contributed by atoms with Crippen LogP contribution in [-0.4, -0.2) is 22.7 Å². The van der Waals surface area contributed by atoms with Crippen LogP contribution in [0.1, 0.15) is 93.9 Å². The molecule has 1 aromatic heterocycles. The molecule has 1 heterocycles. The molecule has 1 saturated carbocycles. The van der Waals surface area contributed by atoms with Gasteiger partial charge >= 0.3 is 0 Å². The lowest BCUT2D eigenvalue weighted by atomic mass is 9.92. The van der Waals surface area contributed by atoms with Gasteiger partial charge in [-0.05, 0) is 76.5 Å². The van der Waals surface area contributed by atoms with Crippen LogP contribution in [0.25, 0.3) is 0 Å². The average molecular weight is 451 g/mol. The van der Waals surface area contributed by atoms with Crippen molar-refractivity contribution in [2.45, 2.75) is 92.0 Å². The monoisotopic (exact) mass is 450 g/mol. The fourth-order valence-electron chi connectivity index (χ4n) is 4.08. The second-order valence-electron chi connectivity index (χ2n) is 10.4. The van der Waals surface area contributed by atoms with Crippen molar-refractivity contribution in [2.24, 2.45) is 11.8 Å². The molecule has 0 spiro atoms. The number of benzene rings is 1. The summed E-state index contributed by atoms with van der Waals surface area (Å²) in [5.74, 6) is 1.72. The third kappa shape index (κ3) is 8.42. The summed E-state index contributed by atoms with van der Waals surface area (Å²) in [7, 11) is 0. The van der Waals surface area contributed by atoms with E-state index in [9.17, 15) is 9.59 Å². The van der Waals surface area contributed by atoms with E-state index in [0.29, 0.717) is 11.5 Å². The number of pyridine rings is 1. The highest BCUT2D eigenvalue weighted by molar-refractivity contribution is 5.93. The van der Waals surface area contributed by atoms with Crippen LogP contribution in [-0.2, 0) is 10.2 Å². The second-order valence-corrected chi connectivity index (χ2v) is 10.4. The second kappa shape index (κ2) is 12.1. The quantitative estimate of drug-likeness (QED) is 0.439. The molecule has 1 aliphatic rings. The van der Waals surface area contributed by atoms with Crippen LogP contribution in [0.5, 0.6) is 0 Å². The minimum Gasteiger partial charge on any atom is -0.353 e. The van der Waals surface area contributed by atoms with E-state index in [1.165, 1.54) is 30.9 Å². The minimum absolute atomic E-state index is 0.0625. The highest BCUT2D eigenvalue weighted by Crippen LogP contribution is 2.48. The van der Waals surface area contributed by atoms with Crippen molar-refractivity contribution in [1.29, 1.82) is 0 Å². The maximum Gasteiger partial charge on any atom is 0.230 e. The van der Waals surface area contributed by atoms with Gasteiger partial charge in [0.05, 0.1) is 5.41 Å². The Labute approximate surface area is 200 Å². The average Bonchev–Trinajstić information content (AvgIpc) is 3.55. The SMILES string of the molecule is CC(=O)c1ccc(C)nc1.Cc1ccc(C2(C(=O)NC(C)CC(C)CCC(C)C)CC2)cc1. The van der Waals surface area contributed by atoms with Crippen LogP contribution in [0, 0.1) is 25.7 Å². The molecule has 1 amide bonds. The highest BCUT2D eigenvalue weighted by Gasteiger charge is 2.51. The summed E-state index contributed by atoms with van der Waals surface area (Å²) in [5.41, 5.74) is 3.79. The number of ketones is 1. The van der Waals surface area contributed by atoms with Crippen molar-refractivity contribution in [3.63, 3.8) is 0 Å². The van der Waals surface area contributed by atoms with E-state index in [4.69, 9.17) is 0 Å². The maximum atomic E-state index is 12.8. The van der Waals surface area contributed by atoms with Gasteiger partial charge in [0.15, 0.2) is 5.78 Å². The molecule has 1 fully saturated rings. The number of amides is 1. The number of nitrogens with one attached hydrogen (secondary N) is 1. The third-order valence-electron chi connectivity index (χ3n) is 6.48. The van der Waals surface area contributed by atoms with Crippen LogP contribution < -0.4 is 5.32 Å². The van der Waals surface area contributed by atoms with Crippen molar-refractivity contribution in [2.75, 3.05) is 0 Å².